The number of anilines is 4. The van der Waals surface area contributed by atoms with E-state index in [1.165, 1.54) is 25.2 Å². The topological polar surface area (TPSA) is 96.9 Å². The van der Waals surface area contributed by atoms with Crippen molar-refractivity contribution in [2.45, 2.75) is 31.8 Å². The van der Waals surface area contributed by atoms with Crippen molar-refractivity contribution in [3.05, 3.63) is 70.4 Å². The summed E-state index contributed by atoms with van der Waals surface area (Å²) in [4.78, 5) is 38.2. The molecule has 2 amide bonds. The van der Waals surface area contributed by atoms with Crippen LogP contribution < -0.4 is 24.6 Å². The second-order valence-electron chi connectivity index (χ2n) is 8.90. The van der Waals surface area contributed by atoms with Gasteiger partial charge in [0.15, 0.2) is 5.78 Å². The highest BCUT2D eigenvalue weighted by molar-refractivity contribution is 6.42. The number of hydrogen-bond acceptors (Lipinski definition) is 7. The predicted molar refractivity (Wildman–Crippen MR) is 147 cm³/mol. The molecular formula is C27H25Cl2N5O4. The minimum absolute atomic E-state index is 0.00523. The number of para-hydroxylation sites is 1. The Morgan fingerprint density at radius 1 is 1.18 bits per heavy atom. The van der Waals surface area contributed by atoms with Crippen LogP contribution >= 0.6 is 23.2 Å². The van der Waals surface area contributed by atoms with E-state index in [9.17, 15) is 9.59 Å². The maximum atomic E-state index is 13.9. The minimum atomic E-state index is -0.305. The standard InChI is InChI=1S/C27H25Cl2N5O4/c1-4-18(35)11-15-7-5-6-8-19(15)31-26-30-13-16-14-33(27(36)34(17-9-10-17)25(16)32-26)24-22(28)20(37-2)12-21(38-3)23(24)29/h4-8,12-13,17H,1,9-11,14H2,2-3H3,(H,30,31,32). The van der Waals surface area contributed by atoms with Crippen LogP contribution in [0.4, 0.5) is 27.9 Å². The van der Waals surface area contributed by atoms with Gasteiger partial charge in [-0.05, 0) is 30.5 Å². The molecule has 9 nitrogen and oxygen atoms in total. The van der Waals surface area contributed by atoms with E-state index in [2.05, 4.69) is 16.9 Å². The quantitative estimate of drug-likeness (QED) is 0.327. The van der Waals surface area contributed by atoms with Gasteiger partial charge in [0.25, 0.3) is 0 Å². The van der Waals surface area contributed by atoms with Crippen molar-refractivity contribution >= 4 is 58.2 Å². The van der Waals surface area contributed by atoms with Gasteiger partial charge in [-0.25, -0.2) is 9.78 Å². The van der Waals surface area contributed by atoms with E-state index in [4.69, 9.17) is 37.7 Å². The highest BCUT2D eigenvalue weighted by Crippen LogP contribution is 2.49. The summed E-state index contributed by atoms with van der Waals surface area (Å²) in [7, 11) is 2.96. The first kappa shape index (κ1) is 25.8. The zero-order valence-corrected chi connectivity index (χ0v) is 22.3. The zero-order valence-electron chi connectivity index (χ0n) is 20.8. The number of amides is 2. The van der Waals surface area contributed by atoms with Crippen molar-refractivity contribution in [3.8, 4) is 11.5 Å². The summed E-state index contributed by atoms with van der Waals surface area (Å²) >= 11 is 13.3. The summed E-state index contributed by atoms with van der Waals surface area (Å²) in [6.45, 7) is 3.70. The van der Waals surface area contributed by atoms with Crippen LogP contribution in [0, 0.1) is 0 Å². The van der Waals surface area contributed by atoms with Crippen molar-refractivity contribution in [2.24, 2.45) is 0 Å². The number of urea groups is 1. The molecule has 0 atom stereocenters. The third-order valence-electron chi connectivity index (χ3n) is 6.42. The van der Waals surface area contributed by atoms with Crippen molar-refractivity contribution in [2.75, 3.05) is 29.3 Å². The molecule has 0 unspecified atom stereocenters. The summed E-state index contributed by atoms with van der Waals surface area (Å²) in [5.74, 6) is 1.41. The molecule has 1 saturated carbocycles. The molecule has 1 N–H and O–H groups in total. The summed E-state index contributed by atoms with van der Waals surface area (Å²) in [5.41, 5.74) is 2.52. The number of hydrogen-bond donors (Lipinski definition) is 1. The van der Waals surface area contributed by atoms with E-state index in [1.54, 1.807) is 17.2 Å². The van der Waals surface area contributed by atoms with E-state index in [0.717, 1.165) is 24.0 Å². The Labute approximate surface area is 230 Å². The number of carbonyl (C=O) groups excluding carboxylic acids is 2. The highest BCUT2D eigenvalue weighted by Gasteiger charge is 2.43. The number of methoxy groups -OCH3 is 2. The maximum Gasteiger partial charge on any atom is 0.330 e. The first-order valence-electron chi connectivity index (χ1n) is 11.9. The fourth-order valence-electron chi connectivity index (χ4n) is 4.36. The molecule has 2 aliphatic rings. The van der Waals surface area contributed by atoms with Crippen molar-refractivity contribution in [1.82, 2.24) is 9.97 Å². The van der Waals surface area contributed by atoms with Crippen molar-refractivity contribution in [3.63, 3.8) is 0 Å². The maximum absolute atomic E-state index is 13.9. The lowest BCUT2D eigenvalue weighted by Crippen LogP contribution is -2.49. The van der Waals surface area contributed by atoms with Gasteiger partial charge in [-0.3, -0.25) is 14.6 Å². The number of aromatic nitrogens is 2. The summed E-state index contributed by atoms with van der Waals surface area (Å²) < 4.78 is 10.8. The average Bonchev–Trinajstić information content (AvgIpc) is 3.75. The van der Waals surface area contributed by atoms with Gasteiger partial charge >= 0.3 is 6.03 Å². The number of fused-ring (bicyclic) bond motifs is 1. The number of benzene rings is 2. The van der Waals surface area contributed by atoms with Crippen molar-refractivity contribution in [1.29, 1.82) is 0 Å². The SMILES string of the molecule is C=CC(=O)Cc1ccccc1Nc1ncc2c(n1)N(C1CC1)C(=O)N(c1c(Cl)c(OC)cc(OC)c1Cl)C2. The number of allylic oxidation sites excluding steroid dienone is 1. The molecular weight excluding hydrogens is 529 g/mol. The number of nitrogens with one attached hydrogen (secondary N) is 1. The Hall–Kier alpha value is -3.82. The predicted octanol–water partition coefficient (Wildman–Crippen LogP) is 5.95. The molecule has 5 rings (SSSR count). The molecule has 1 fully saturated rings. The molecule has 1 aliphatic heterocycles. The number of carbonyl (C=O) groups is 2. The normalized spacial score (nSPS) is 14.7. The van der Waals surface area contributed by atoms with Crippen LogP contribution in [0.25, 0.3) is 0 Å². The molecule has 11 heteroatoms. The fourth-order valence-corrected chi connectivity index (χ4v) is 5.06. The van der Waals surface area contributed by atoms with Gasteiger partial charge in [-0.15, -0.1) is 0 Å². The van der Waals surface area contributed by atoms with Gasteiger partial charge in [0.1, 0.15) is 27.4 Å². The first-order chi connectivity index (χ1) is 18.4. The number of ether oxygens (including phenoxy) is 2. The van der Waals surface area contributed by atoms with Crippen LogP contribution in [-0.4, -0.2) is 42.0 Å². The summed E-state index contributed by atoms with van der Waals surface area (Å²) in [6.07, 6.45) is 4.87. The lowest BCUT2D eigenvalue weighted by molar-refractivity contribution is -0.114. The molecule has 2 aromatic carbocycles. The Balaban J connectivity index is 1.53. The van der Waals surface area contributed by atoms with Crippen LogP contribution in [0.15, 0.2) is 49.2 Å². The Morgan fingerprint density at radius 2 is 1.87 bits per heavy atom. The smallest absolute Gasteiger partial charge is 0.330 e. The molecule has 0 saturated heterocycles. The number of rotatable bonds is 9. The Morgan fingerprint density at radius 3 is 2.50 bits per heavy atom. The zero-order chi connectivity index (χ0) is 27.0. The van der Waals surface area contributed by atoms with Crippen LogP contribution in [0.1, 0.15) is 24.0 Å². The monoisotopic (exact) mass is 553 g/mol. The van der Waals surface area contributed by atoms with Crippen LogP contribution in [0.3, 0.4) is 0 Å². The van der Waals surface area contributed by atoms with Crippen LogP contribution in [-0.2, 0) is 17.8 Å². The van der Waals surface area contributed by atoms with E-state index in [0.29, 0.717) is 34.6 Å². The molecule has 1 aromatic heterocycles. The van der Waals surface area contributed by atoms with Crippen LogP contribution in [0.2, 0.25) is 10.0 Å². The van der Waals surface area contributed by atoms with Gasteiger partial charge in [-0.2, -0.15) is 4.98 Å². The van der Waals surface area contributed by atoms with Gasteiger partial charge in [0, 0.05) is 36.0 Å². The fraction of sp³-hybridized carbons (Fsp3) is 0.259. The lowest BCUT2D eigenvalue weighted by Gasteiger charge is -2.37. The van der Waals surface area contributed by atoms with E-state index in [-0.39, 0.29) is 40.9 Å². The number of nitrogens with zero attached hydrogens (tertiary/aromatic N) is 4. The van der Waals surface area contributed by atoms with E-state index >= 15 is 0 Å². The van der Waals surface area contributed by atoms with Crippen molar-refractivity contribution < 1.29 is 19.1 Å². The van der Waals surface area contributed by atoms with Gasteiger partial charge in [0.05, 0.1) is 26.5 Å². The Kier molecular flexibility index (Phi) is 7.14. The Bertz CT molecular complexity index is 1410. The molecule has 1 aliphatic carbocycles. The van der Waals surface area contributed by atoms with E-state index in [1.807, 2.05) is 24.3 Å². The molecule has 0 bridgehead atoms. The third kappa shape index (κ3) is 4.75. The highest BCUT2D eigenvalue weighted by atomic mass is 35.5. The largest absolute Gasteiger partial charge is 0.495 e. The molecule has 196 valence electrons. The third-order valence-corrected chi connectivity index (χ3v) is 7.15. The van der Waals surface area contributed by atoms with Gasteiger partial charge in [-0.1, -0.05) is 48.0 Å². The molecule has 3 aromatic rings. The summed E-state index contributed by atoms with van der Waals surface area (Å²) in [5, 5.41) is 3.61. The lowest BCUT2D eigenvalue weighted by atomic mass is 10.1. The summed E-state index contributed by atoms with van der Waals surface area (Å²) in [6, 6.07) is 8.69. The van der Waals surface area contributed by atoms with Gasteiger partial charge < -0.3 is 14.8 Å². The average molecular weight is 554 g/mol. The molecule has 38 heavy (non-hydrogen) atoms. The molecule has 2 heterocycles. The molecule has 0 radical (unpaired) electrons. The first-order valence-corrected chi connectivity index (χ1v) is 12.7. The molecule has 0 spiro atoms. The van der Waals surface area contributed by atoms with Gasteiger partial charge in [0.2, 0.25) is 5.95 Å². The number of ketones is 1. The minimum Gasteiger partial charge on any atom is -0.495 e. The van der Waals surface area contributed by atoms with E-state index < -0.39 is 0 Å². The second-order valence-corrected chi connectivity index (χ2v) is 9.66. The van der Waals surface area contributed by atoms with Crippen LogP contribution in [0.5, 0.6) is 11.5 Å². The second kappa shape index (κ2) is 10.5. The number of halogens is 2.